The van der Waals surface area contributed by atoms with Crippen LogP contribution in [0.5, 0.6) is 5.75 Å². The van der Waals surface area contributed by atoms with Gasteiger partial charge in [0.1, 0.15) is 17.9 Å². The molecule has 0 atom stereocenters. The van der Waals surface area contributed by atoms with Crippen LogP contribution in [0.2, 0.25) is 0 Å². The van der Waals surface area contributed by atoms with E-state index in [9.17, 15) is 4.79 Å². The number of esters is 1. The molecule has 0 fully saturated rings. The number of nitrogen functional groups attached to an aromatic ring is 1. The zero-order valence-corrected chi connectivity index (χ0v) is 12.7. The molecule has 2 N–H and O–H groups in total. The summed E-state index contributed by atoms with van der Waals surface area (Å²) in [5.74, 6) is -0.0203. The summed E-state index contributed by atoms with van der Waals surface area (Å²) in [6, 6.07) is 3.41. The molecule has 0 saturated heterocycles. The summed E-state index contributed by atoms with van der Waals surface area (Å²) in [6.07, 6.45) is 0. The van der Waals surface area contributed by atoms with Gasteiger partial charge in [-0.3, -0.25) is 0 Å². The van der Waals surface area contributed by atoms with Gasteiger partial charge in [0, 0.05) is 11.1 Å². The van der Waals surface area contributed by atoms with Crippen LogP contribution >= 0.6 is 15.9 Å². The van der Waals surface area contributed by atoms with E-state index in [0.29, 0.717) is 36.6 Å². The lowest BCUT2D eigenvalue weighted by Gasteiger charge is -2.13. The summed E-state index contributed by atoms with van der Waals surface area (Å²) in [7, 11) is 0. The SMILES string of the molecule is CCOCCOc1ccc(Br)c(C(=O)OCC)c1N. The maximum atomic E-state index is 11.8. The number of carbonyl (C=O) groups is 1. The zero-order valence-electron chi connectivity index (χ0n) is 11.1. The van der Waals surface area contributed by atoms with Crippen molar-refractivity contribution >= 4 is 27.6 Å². The average molecular weight is 332 g/mol. The van der Waals surface area contributed by atoms with Crippen LogP contribution in [-0.2, 0) is 9.47 Å². The van der Waals surface area contributed by atoms with Crippen molar-refractivity contribution in [3.63, 3.8) is 0 Å². The van der Waals surface area contributed by atoms with Gasteiger partial charge in [0.25, 0.3) is 0 Å². The molecule has 0 bridgehead atoms. The van der Waals surface area contributed by atoms with Crippen LogP contribution in [0.25, 0.3) is 0 Å². The molecule has 0 heterocycles. The minimum absolute atomic E-state index is 0.268. The summed E-state index contributed by atoms with van der Waals surface area (Å²) < 4.78 is 16.2. The smallest absolute Gasteiger partial charge is 0.341 e. The first-order valence-corrected chi connectivity index (χ1v) is 6.86. The Hall–Kier alpha value is -1.27. The Morgan fingerprint density at radius 1 is 1.26 bits per heavy atom. The Labute approximate surface area is 121 Å². The van der Waals surface area contributed by atoms with Crippen molar-refractivity contribution in [2.24, 2.45) is 0 Å². The number of hydrogen-bond acceptors (Lipinski definition) is 5. The number of rotatable bonds is 7. The highest BCUT2D eigenvalue weighted by molar-refractivity contribution is 9.10. The van der Waals surface area contributed by atoms with Crippen molar-refractivity contribution in [2.45, 2.75) is 13.8 Å². The number of carbonyl (C=O) groups excluding carboxylic acids is 1. The van der Waals surface area contributed by atoms with Crippen molar-refractivity contribution in [3.05, 3.63) is 22.2 Å². The van der Waals surface area contributed by atoms with E-state index >= 15 is 0 Å². The lowest BCUT2D eigenvalue weighted by Crippen LogP contribution is -2.12. The first kappa shape index (κ1) is 15.8. The van der Waals surface area contributed by atoms with Gasteiger partial charge in [-0.1, -0.05) is 0 Å². The van der Waals surface area contributed by atoms with Gasteiger partial charge in [-0.25, -0.2) is 4.79 Å². The molecule has 1 rings (SSSR count). The second kappa shape index (κ2) is 8.01. The molecule has 19 heavy (non-hydrogen) atoms. The topological polar surface area (TPSA) is 70.8 Å². The third-order valence-electron chi connectivity index (χ3n) is 2.32. The second-order valence-corrected chi connectivity index (χ2v) is 4.45. The molecule has 5 nitrogen and oxygen atoms in total. The highest BCUT2D eigenvalue weighted by Gasteiger charge is 2.18. The Morgan fingerprint density at radius 3 is 2.63 bits per heavy atom. The molecule has 0 unspecified atom stereocenters. The molecule has 0 aliphatic carbocycles. The van der Waals surface area contributed by atoms with Gasteiger partial charge in [0.15, 0.2) is 0 Å². The van der Waals surface area contributed by atoms with Crippen molar-refractivity contribution in [1.29, 1.82) is 0 Å². The second-order valence-electron chi connectivity index (χ2n) is 3.60. The highest BCUT2D eigenvalue weighted by Crippen LogP contribution is 2.32. The molecule has 6 heteroatoms. The Morgan fingerprint density at radius 2 is 2.00 bits per heavy atom. The molecule has 0 radical (unpaired) electrons. The number of nitrogens with two attached hydrogens (primary N) is 1. The predicted molar refractivity (Wildman–Crippen MR) is 76.5 cm³/mol. The summed E-state index contributed by atoms with van der Waals surface area (Å²) in [6.45, 7) is 5.42. The maximum absolute atomic E-state index is 11.8. The minimum Gasteiger partial charge on any atom is -0.489 e. The van der Waals surface area contributed by atoms with Crippen molar-refractivity contribution < 1.29 is 19.0 Å². The van der Waals surface area contributed by atoms with E-state index in [2.05, 4.69) is 15.9 Å². The van der Waals surface area contributed by atoms with Crippen LogP contribution in [0, 0.1) is 0 Å². The lowest BCUT2D eigenvalue weighted by atomic mass is 10.1. The fourth-order valence-corrected chi connectivity index (χ4v) is 1.97. The van der Waals surface area contributed by atoms with E-state index in [4.69, 9.17) is 19.9 Å². The first-order chi connectivity index (χ1) is 9.11. The maximum Gasteiger partial charge on any atom is 0.341 e. The van der Waals surface area contributed by atoms with Crippen LogP contribution < -0.4 is 10.5 Å². The standard InChI is InChI=1S/C13H18BrNO4/c1-3-17-7-8-19-10-6-5-9(14)11(12(10)15)13(16)18-4-2/h5-6H,3-4,7-8,15H2,1-2H3. The number of anilines is 1. The molecule has 0 saturated carbocycles. The third kappa shape index (κ3) is 4.40. The Balaban J connectivity index is 2.84. The van der Waals surface area contributed by atoms with Crippen LogP contribution in [0.15, 0.2) is 16.6 Å². The van der Waals surface area contributed by atoms with Crippen molar-refractivity contribution in [3.8, 4) is 5.75 Å². The van der Waals surface area contributed by atoms with Crippen LogP contribution in [0.1, 0.15) is 24.2 Å². The predicted octanol–water partition coefficient (Wildman–Crippen LogP) is 2.62. The molecule has 106 valence electrons. The molecule has 0 aromatic heterocycles. The fourth-order valence-electron chi connectivity index (χ4n) is 1.47. The molecule has 0 spiro atoms. The number of halogens is 1. The van der Waals surface area contributed by atoms with Crippen LogP contribution in [0.4, 0.5) is 5.69 Å². The van der Waals surface area contributed by atoms with Crippen LogP contribution in [0.3, 0.4) is 0 Å². The van der Waals surface area contributed by atoms with Crippen molar-refractivity contribution in [1.82, 2.24) is 0 Å². The van der Waals surface area contributed by atoms with E-state index in [1.807, 2.05) is 6.92 Å². The molecular weight excluding hydrogens is 314 g/mol. The van der Waals surface area contributed by atoms with Gasteiger partial charge >= 0.3 is 5.97 Å². The molecule has 1 aromatic carbocycles. The summed E-state index contributed by atoms with van der Waals surface area (Å²) in [5.41, 5.74) is 6.49. The minimum atomic E-state index is -0.470. The molecule has 0 amide bonds. The van der Waals surface area contributed by atoms with E-state index < -0.39 is 5.97 Å². The van der Waals surface area contributed by atoms with E-state index in [-0.39, 0.29) is 11.3 Å². The Bertz CT molecular complexity index is 437. The summed E-state index contributed by atoms with van der Waals surface area (Å²) in [4.78, 5) is 11.8. The van der Waals surface area contributed by atoms with Gasteiger partial charge in [-0.15, -0.1) is 0 Å². The number of benzene rings is 1. The number of ether oxygens (including phenoxy) is 3. The van der Waals surface area contributed by atoms with Gasteiger partial charge < -0.3 is 19.9 Å². The quantitative estimate of drug-likeness (QED) is 0.472. The van der Waals surface area contributed by atoms with Gasteiger partial charge in [0.2, 0.25) is 0 Å². The fraction of sp³-hybridized carbons (Fsp3) is 0.462. The molecule has 0 aliphatic rings. The lowest BCUT2D eigenvalue weighted by molar-refractivity contribution is 0.0526. The molecular formula is C13H18BrNO4. The number of hydrogen-bond donors (Lipinski definition) is 1. The van der Waals surface area contributed by atoms with Gasteiger partial charge in [-0.2, -0.15) is 0 Å². The van der Waals surface area contributed by atoms with Crippen molar-refractivity contribution in [2.75, 3.05) is 32.2 Å². The first-order valence-electron chi connectivity index (χ1n) is 6.07. The summed E-state index contributed by atoms with van der Waals surface area (Å²) in [5, 5.41) is 0. The molecule has 0 aliphatic heterocycles. The van der Waals surface area contributed by atoms with Gasteiger partial charge in [-0.05, 0) is 41.9 Å². The largest absolute Gasteiger partial charge is 0.489 e. The van der Waals surface area contributed by atoms with E-state index in [0.717, 1.165) is 0 Å². The Kier molecular flexibility index (Phi) is 6.66. The normalized spacial score (nSPS) is 10.3. The average Bonchev–Trinajstić information content (AvgIpc) is 2.37. The zero-order chi connectivity index (χ0) is 14.3. The molecule has 1 aromatic rings. The van der Waals surface area contributed by atoms with E-state index in [1.54, 1.807) is 19.1 Å². The monoisotopic (exact) mass is 331 g/mol. The summed E-state index contributed by atoms with van der Waals surface area (Å²) >= 11 is 3.28. The van der Waals surface area contributed by atoms with E-state index in [1.165, 1.54) is 0 Å². The van der Waals surface area contributed by atoms with Gasteiger partial charge in [0.05, 0.1) is 18.9 Å². The van der Waals surface area contributed by atoms with Crippen LogP contribution in [-0.4, -0.2) is 32.4 Å². The highest BCUT2D eigenvalue weighted by atomic mass is 79.9. The third-order valence-corrected chi connectivity index (χ3v) is 2.98.